The molecule has 0 aliphatic heterocycles. The highest BCUT2D eigenvalue weighted by molar-refractivity contribution is 7.92. The summed E-state index contributed by atoms with van der Waals surface area (Å²) in [7, 11) is -3.48. The lowest BCUT2D eigenvalue weighted by atomic mass is 10.1. The molecule has 3 rings (SSSR count). The standard InChI is InChI=1S/C15H12N2O3S/c1-21(19,20)17-13-8-9-16-12-7-6-10-4-2-3-5-11(10)15(18)14(12)13/h2-9H,1H3,(H,16,17). The summed E-state index contributed by atoms with van der Waals surface area (Å²) in [4.78, 5) is 16.9. The van der Waals surface area contributed by atoms with Crippen LogP contribution in [0.1, 0.15) is 0 Å². The monoisotopic (exact) mass is 300 g/mol. The van der Waals surface area contributed by atoms with Gasteiger partial charge in [-0.2, -0.15) is 0 Å². The Morgan fingerprint density at radius 2 is 1.81 bits per heavy atom. The van der Waals surface area contributed by atoms with Gasteiger partial charge in [-0.25, -0.2) is 8.42 Å². The van der Waals surface area contributed by atoms with Gasteiger partial charge in [-0.3, -0.25) is 14.5 Å². The van der Waals surface area contributed by atoms with Gasteiger partial charge in [0.2, 0.25) is 10.0 Å². The summed E-state index contributed by atoms with van der Waals surface area (Å²) in [6.45, 7) is 0. The van der Waals surface area contributed by atoms with Crippen LogP contribution in [-0.2, 0) is 10.0 Å². The smallest absolute Gasteiger partial charge is 0.229 e. The SMILES string of the molecule is CS(=O)(=O)Nc1ccnc2ccc3ccccc3c(=O)c12. The van der Waals surface area contributed by atoms with Gasteiger partial charge in [-0.05, 0) is 17.5 Å². The van der Waals surface area contributed by atoms with E-state index in [0.29, 0.717) is 10.9 Å². The van der Waals surface area contributed by atoms with Gasteiger partial charge in [-0.1, -0.05) is 30.3 Å². The highest BCUT2D eigenvalue weighted by Gasteiger charge is 2.10. The molecule has 0 fully saturated rings. The van der Waals surface area contributed by atoms with E-state index in [1.54, 1.807) is 24.3 Å². The molecule has 5 nitrogen and oxygen atoms in total. The van der Waals surface area contributed by atoms with Crippen LogP contribution >= 0.6 is 0 Å². The fraction of sp³-hybridized carbons (Fsp3) is 0.0667. The molecule has 2 aromatic carbocycles. The van der Waals surface area contributed by atoms with Crippen molar-refractivity contribution in [3.63, 3.8) is 0 Å². The average Bonchev–Trinajstić information content (AvgIpc) is 2.56. The topological polar surface area (TPSA) is 76.1 Å². The van der Waals surface area contributed by atoms with Crippen LogP contribution in [0.4, 0.5) is 5.69 Å². The van der Waals surface area contributed by atoms with E-state index in [-0.39, 0.29) is 16.5 Å². The number of fused-ring (bicyclic) bond motifs is 2. The zero-order valence-corrected chi connectivity index (χ0v) is 12.0. The lowest BCUT2D eigenvalue weighted by molar-refractivity contribution is 0.607. The molecular weight excluding hydrogens is 288 g/mol. The minimum absolute atomic E-state index is 0.244. The molecule has 21 heavy (non-hydrogen) atoms. The Morgan fingerprint density at radius 1 is 1.05 bits per heavy atom. The third-order valence-corrected chi connectivity index (χ3v) is 3.72. The maximum absolute atomic E-state index is 12.7. The van der Waals surface area contributed by atoms with E-state index >= 15 is 0 Å². The highest BCUT2D eigenvalue weighted by atomic mass is 32.2. The van der Waals surface area contributed by atoms with Gasteiger partial charge in [0.15, 0.2) is 5.43 Å². The summed E-state index contributed by atoms with van der Waals surface area (Å²) >= 11 is 0. The van der Waals surface area contributed by atoms with Crippen molar-refractivity contribution in [1.29, 1.82) is 0 Å². The summed E-state index contributed by atoms with van der Waals surface area (Å²) in [5.74, 6) is 0. The lowest BCUT2D eigenvalue weighted by Crippen LogP contribution is -2.12. The average molecular weight is 300 g/mol. The van der Waals surface area contributed by atoms with E-state index in [1.807, 2.05) is 12.1 Å². The maximum Gasteiger partial charge on any atom is 0.229 e. The van der Waals surface area contributed by atoms with Crippen LogP contribution in [0.25, 0.3) is 21.7 Å². The van der Waals surface area contributed by atoms with Gasteiger partial charge < -0.3 is 0 Å². The van der Waals surface area contributed by atoms with Gasteiger partial charge in [0.1, 0.15) is 0 Å². The van der Waals surface area contributed by atoms with Crippen LogP contribution in [0.3, 0.4) is 0 Å². The number of nitrogens with one attached hydrogen (secondary N) is 1. The Morgan fingerprint density at radius 3 is 2.57 bits per heavy atom. The maximum atomic E-state index is 12.7. The van der Waals surface area contributed by atoms with Crippen molar-refractivity contribution in [2.24, 2.45) is 0 Å². The molecular formula is C15H12N2O3S. The molecule has 0 saturated carbocycles. The van der Waals surface area contributed by atoms with Crippen molar-refractivity contribution < 1.29 is 8.42 Å². The Balaban J connectivity index is 2.51. The number of sulfonamides is 1. The van der Waals surface area contributed by atoms with Gasteiger partial charge in [-0.15, -0.1) is 0 Å². The second kappa shape index (κ2) is 4.82. The number of benzene rings is 1. The second-order valence-corrected chi connectivity index (χ2v) is 6.49. The molecule has 0 aliphatic rings. The fourth-order valence-electron chi connectivity index (χ4n) is 2.28. The van der Waals surface area contributed by atoms with Crippen molar-refractivity contribution in [3.05, 3.63) is 58.9 Å². The van der Waals surface area contributed by atoms with Crippen molar-refractivity contribution in [1.82, 2.24) is 4.98 Å². The molecule has 0 unspecified atom stereocenters. The third-order valence-electron chi connectivity index (χ3n) is 3.13. The first kappa shape index (κ1) is 13.5. The van der Waals surface area contributed by atoms with Crippen LogP contribution in [0.2, 0.25) is 0 Å². The van der Waals surface area contributed by atoms with Gasteiger partial charge in [0, 0.05) is 11.6 Å². The molecule has 6 heteroatoms. The number of pyridine rings is 1. The first-order valence-corrected chi connectivity index (χ1v) is 8.13. The molecule has 106 valence electrons. The first-order valence-electron chi connectivity index (χ1n) is 6.24. The number of aromatic nitrogens is 1. The normalized spacial score (nSPS) is 11.7. The summed E-state index contributed by atoms with van der Waals surface area (Å²) in [6, 6.07) is 12.2. The molecule has 1 heterocycles. The summed E-state index contributed by atoms with van der Waals surface area (Å²) in [5.41, 5.74) is 0.448. The van der Waals surface area contributed by atoms with Crippen LogP contribution in [0, 0.1) is 0 Å². The zero-order chi connectivity index (χ0) is 15.0. The van der Waals surface area contributed by atoms with E-state index in [2.05, 4.69) is 9.71 Å². The molecule has 0 saturated heterocycles. The predicted molar refractivity (Wildman–Crippen MR) is 84.0 cm³/mol. The van der Waals surface area contributed by atoms with Crippen molar-refractivity contribution >= 4 is 37.4 Å². The van der Waals surface area contributed by atoms with Gasteiger partial charge in [0.25, 0.3) is 0 Å². The Hall–Kier alpha value is -2.47. The molecule has 0 aliphatic carbocycles. The Labute approximate surface area is 121 Å². The zero-order valence-electron chi connectivity index (χ0n) is 11.2. The number of anilines is 1. The number of hydrogen-bond acceptors (Lipinski definition) is 4. The van der Waals surface area contributed by atoms with Crippen LogP contribution in [0.15, 0.2) is 53.5 Å². The summed E-state index contributed by atoms with van der Waals surface area (Å²) < 4.78 is 25.3. The Bertz CT molecular complexity index is 1010. The molecule has 0 atom stereocenters. The fourth-order valence-corrected chi connectivity index (χ4v) is 2.85. The second-order valence-electron chi connectivity index (χ2n) is 4.74. The Kier molecular flexibility index (Phi) is 3.10. The van der Waals surface area contributed by atoms with Crippen molar-refractivity contribution in [2.75, 3.05) is 11.0 Å². The molecule has 0 spiro atoms. The van der Waals surface area contributed by atoms with Crippen LogP contribution < -0.4 is 10.2 Å². The van der Waals surface area contributed by atoms with Gasteiger partial charge in [0.05, 0.1) is 22.8 Å². The largest absolute Gasteiger partial charge is 0.288 e. The number of hydrogen-bond donors (Lipinski definition) is 1. The summed E-state index contributed by atoms with van der Waals surface area (Å²) in [5, 5.41) is 1.58. The molecule has 3 aromatic rings. The molecule has 0 amide bonds. The molecule has 0 radical (unpaired) electrons. The molecule has 1 N–H and O–H groups in total. The van der Waals surface area contributed by atoms with E-state index in [0.717, 1.165) is 11.6 Å². The highest BCUT2D eigenvalue weighted by Crippen LogP contribution is 2.21. The molecule has 1 aromatic heterocycles. The number of rotatable bonds is 2. The van der Waals surface area contributed by atoms with E-state index in [4.69, 9.17) is 0 Å². The van der Waals surface area contributed by atoms with Crippen molar-refractivity contribution in [3.8, 4) is 0 Å². The minimum Gasteiger partial charge on any atom is -0.288 e. The third kappa shape index (κ3) is 2.57. The molecule has 0 bridgehead atoms. The quantitative estimate of drug-likeness (QED) is 0.786. The van der Waals surface area contributed by atoms with E-state index in [1.165, 1.54) is 12.3 Å². The number of nitrogens with zero attached hydrogens (tertiary/aromatic N) is 1. The van der Waals surface area contributed by atoms with Crippen LogP contribution in [0.5, 0.6) is 0 Å². The van der Waals surface area contributed by atoms with Crippen LogP contribution in [-0.4, -0.2) is 19.7 Å². The van der Waals surface area contributed by atoms with E-state index in [9.17, 15) is 13.2 Å². The first-order chi connectivity index (χ1) is 9.96. The van der Waals surface area contributed by atoms with Gasteiger partial charge >= 0.3 is 0 Å². The van der Waals surface area contributed by atoms with Crippen molar-refractivity contribution in [2.45, 2.75) is 0 Å². The summed E-state index contributed by atoms with van der Waals surface area (Å²) in [6.07, 6.45) is 2.52. The predicted octanol–water partition coefficient (Wildman–Crippen LogP) is 2.12. The van der Waals surface area contributed by atoms with E-state index < -0.39 is 10.0 Å². The lowest BCUT2D eigenvalue weighted by Gasteiger charge is -2.05. The minimum atomic E-state index is -3.48.